The topological polar surface area (TPSA) is 123 Å². The molecule has 160 valence electrons. The van der Waals surface area contributed by atoms with E-state index in [2.05, 4.69) is 20.3 Å². The Morgan fingerprint density at radius 1 is 1.25 bits per heavy atom. The number of benzene rings is 1. The zero-order valence-electron chi connectivity index (χ0n) is 16.4. The standard InChI is InChI=1S/C22H16FN5O3S/c23-16-8-13(3-5-19(16)31-15-2-1-7-25-11-15)4-6-20(29)28-22-27-18(12-32-22)14-9-17(21(24)30)26-10-14/h1-12,26H,(H2,24,30)(H,27,28,29)/b6-4+. The minimum absolute atomic E-state index is 0.0548. The van der Waals surface area contributed by atoms with Crippen LogP contribution in [0.5, 0.6) is 11.5 Å². The molecule has 2 amide bonds. The summed E-state index contributed by atoms with van der Waals surface area (Å²) >= 11 is 1.23. The second-order valence-electron chi connectivity index (χ2n) is 6.51. The number of H-pyrrole nitrogens is 1. The van der Waals surface area contributed by atoms with E-state index in [0.29, 0.717) is 27.7 Å². The largest absolute Gasteiger partial charge is 0.453 e. The number of rotatable bonds is 7. The van der Waals surface area contributed by atoms with Crippen LogP contribution in [0.3, 0.4) is 0 Å². The number of nitrogens with two attached hydrogens (primary N) is 1. The Morgan fingerprint density at radius 2 is 2.12 bits per heavy atom. The van der Waals surface area contributed by atoms with E-state index in [4.69, 9.17) is 10.5 Å². The highest BCUT2D eigenvalue weighted by Gasteiger charge is 2.11. The van der Waals surface area contributed by atoms with Gasteiger partial charge in [0.25, 0.3) is 5.91 Å². The summed E-state index contributed by atoms with van der Waals surface area (Å²) in [5.74, 6) is -1.09. The number of amides is 2. The highest BCUT2D eigenvalue weighted by molar-refractivity contribution is 7.14. The summed E-state index contributed by atoms with van der Waals surface area (Å²) < 4.78 is 19.7. The molecule has 0 aliphatic heterocycles. The minimum Gasteiger partial charge on any atom is -0.453 e. The molecule has 32 heavy (non-hydrogen) atoms. The SMILES string of the molecule is NC(=O)c1cc(-c2csc(NC(=O)/C=C/c3ccc(Oc4cccnc4)c(F)c3)n2)c[nH]1. The van der Waals surface area contributed by atoms with E-state index in [1.807, 2.05) is 0 Å². The van der Waals surface area contributed by atoms with Crippen LogP contribution in [0, 0.1) is 5.82 Å². The number of hydrogen-bond donors (Lipinski definition) is 3. The van der Waals surface area contributed by atoms with Gasteiger partial charge in [0.2, 0.25) is 5.91 Å². The van der Waals surface area contributed by atoms with Crippen molar-refractivity contribution in [1.29, 1.82) is 0 Å². The Balaban J connectivity index is 1.38. The third kappa shape index (κ3) is 5.05. The lowest BCUT2D eigenvalue weighted by atomic mass is 10.2. The molecule has 4 aromatic rings. The normalized spacial score (nSPS) is 10.9. The summed E-state index contributed by atoms with van der Waals surface area (Å²) in [6.45, 7) is 0. The lowest BCUT2D eigenvalue weighted by Gasteiger charge is -2.06. The smallest absolute Gasteiger partial charge is 0.265 e. The van der Waals surface area contributed by atoms with Crippen LogP contribution in [0.4, 0.5) is 9.52 Å². The van der Waals surface area contributed by atoms with Crippen molar-refractivity contribution >= 4 is 34.4 Å². The number of thiazole rings is 1. The van der Waals surface area contributed by atoms with E-state index in [9.17, 15) is 14.0 Å². The predicted molar refractivity (Wildman–Crippen MR) is 119 cm³/mol. The molecule has 0 aliphatic carbocycles. The van der Waals surface area contributed by atoms with Gasteiger partial charge in [0, 0.05) is 29.4 Å². The quantitative estimate of drug-likeness (QED) is 0.365. The number of aromatic amines is 1. The van der Waals surface area contributed by atoms with Gasteiger partial charge in [0.15, 0.2) is 16.7 Å². The molecule has 3 heterocycles. The van der Waals surface area contributed by atoms with Crippen molar-refractivity contribution in [3.63, 3.8) is 0 Å². The number of carbonyl (C=O) groups is 2. The first kappa shape index (κ1) is 20.9. The van der Waals surface area contributed by atoms with Gasteiger partial charge in [-0.2, -0.15) is 0 Å². The minimum atomic E-state index is -0.571. The third-order valence-corrected chi connectivity index (χ3v) is 4.98. The molecule has 3 aromatic heterocycles. The summed E-state index contributed by atoms with van der Waals surface area (Å²) in [5.41, 5.74) is 7.24. The number of nitrogens with zero attached hydrogens (tertiary/aromatic N) is 2. The predicted octanol–water partition coefficient (Wildman–Crippen LogP) is 4.22. The summed E-state index contributed by atoms with van der Waals surface area (Å²) in [5, 5.41) is 4.76. The zero-order valence-corrected chi connectivity index (χ0v) is 17.2. The van der Waals surface area contributed by atoms with E-state index in [-0.39, 0.29) is 11.4 Å². The van der Waals surface area contributed by atoms with Gasteiger partial charge in [0.05, 0.1) is 11.9 Å². The molecule has 0 radical (unpaired) electrons. The molecule has 0 bridgehead atoms. The van der Waals surface area contributed by atoms with Gasteiger partial charge in [-0.05, 0) is 42.0 Å². The summed E-state index contributed by atoms with van der Waals surface area (Å²) in [6.07, 6.45) is 7.44. The maximum atomic E-state index is 14.3. The highest BCUT2D eigenvalue weighted by atomic mass is 32.1. The molecule has 10 heteroatoms. The van der Waals surface area contributed by atoms with Gasteiger partial charge in [-0.15, -0.1) is 11.3 Å². The number of nitrogens with one attached hydrogen (secondary N) is 2. The summed E-state index contributed by atoms with van der Waals surface area (Å²) in [4.78, 5) is 34.4. The Labute approximate surface area is 185 Å². The first-order chi connectivity index (χ1) is 15.5. The maximum Gasteiger partial charge on any atom is 0.265 e. The fourth-order valence-electron chi connectivity index (χ4n) is 2.71. The van der Waals surface area contributed by atoms with Crippen molar-refractivity contribution in [3.05, 3.63) is 83.5 Å². The van der Waals surface area contributed by atoms with Crippen LogP contribution in [0.25, 0.3) is 17.3 Å². The Hall–Kier alpha value is -4.31. The fraction of sp³-hybridized carbons (Fsp3) is 0. The maximum absolute atomic E-state index is 14.3. The van der Waals surface area contributed by atoms with E-state index in [0.717, 1.165) is 0 Å². The molecule has 8 nitrogen and oxygen atoms in total. The van der Waals surface area contributed by atoms with Gasteiger partial charge >= 0.3 is 0 Å². The second-order valence-corrected chi connectivity index (χ2v) is 7.37. The number of ether oxygens (including phenoxy) is 1. The molecular weight excluding hydrogens is 433 g/mol. The van der Waals surface area contributed by atoms with Crippen molar-refractivity contribution in [2.75, 3.05) is 5.32 Å². The van der Waals surface area contributed by atoms with Crippen LogP contribution in [0.15, 0.2) is 66.4 Å². The molecule has 0 saturated carbocycles. The highest BCUT2D eigenvalue weighted by Crippen LogP contribution is 2.26. The van der Waals surface area contributed by atoms with Gasteiger partial charge in [0.1, 0.15) is 11.4 Å². The number of anilines is 1. The summed E-state index contributed by atoms with van der Waals surface area (Å²) in [7, 11) is 0. The van der Waals surface area contributed by atoms with Crippen LogP contribution in [-0.4, -0.2) is 26.8 Å². The van der Waals surface area contributed by atoms with Crippen LogP contribution in [0.1, 0.15) is 16.1 Å². The van der Waals surface area contributed by atoms with Crippen LogP contribution in [0.2, 0.25) is 0 Å². The van der Waals surface area contributed by atoms with Crippen molar-refractivity contribution in [2.24, 2.45) is 5.73 Å². The first-order valence-electron chi connectivity index (χ1n) is 9.28. The van der Waals surface area contributed by atoms with Crippen molar-refractivity contribution < 1.29 is 18.7 Å². The van der Waals surface area contributed by atoms with Gasteiger partial charge in [-0.3, -0.25) is 19.9 Å². The first-order valence-corrected chi connectivity index (χ1v) is 10.2. The third-order valence-electron chi connectivity index (χ3n) is 4.22. The lowest BCUT2D eigenvalue weighted by molar-refractivity contribution is -0.111. The van der Waals surface area contributed by atoms with Crippen molar-refractivity contribution in [2.45, 2.75) is 0 Å². The Bertz CT molecular complexity index is 1300. The zero-order chi connectivity index (χ0) is 22.5. The molecule has 4 N–H and O–H groups in total. The Kier molecular flexibility index (Phi) is 6.04. The fourth-order valence-corrected chi connectivity index (χ4v) is 3.43. The molecule has 4 rings (SSSR count). The summed E-state index contributed by atoms with van der Waals surface area (Å²) in [6, 6.07) is 9.30. The molecule has 0 unspecified atom stereocenters. The average Bonchev–Trinajstić information content (AvgIpc) is 3.44. The molecule has 0 aliphatic rings. The van der Waals surface area contributed by atoms with Crippen LogP contribution < -0.4 is 15.8 Å². The number of halogens is 1. The van der Waals surface area contributed by atoms with Gasteiger partial charge in [-0.1, -0.05) is 6.07 Å². The lowest BCUT2D eigenvalue weighted by Crippen LogP contribution is -2.10. The van der Waals surface area contributed by atoms with E-state index < -0.39 is 17.6 Å². The van der Waals surface area contributed by atoms with E-state index >= 15 is 0 Å². The van der Waals surface area contributed by atoms with Crippen molar-refractivity contribution in [1.82, 2.24) is 15.0 Å². The molecular formula is C22H16FN5O3S. The molecule has 1 aromatic carbocycles. The molecule has 0 saturated heterocycles. The monoisotopic (exact) mass is 449 g/mol. The Morgan fingerprint density at radius 3 is 2.84 bits per heavy atom. The average molecular weight is 449 g/mol. The van der Waals surface area contributed by atoms with Crippen molar-refractivity contribution in [3.8, 4) is 22.8 Å². The van der Waals surface area contributed by atoms with E-state index in [1.165, 1.54) is 41.8 Å². The number of carbonyl (C=O) groups excluding carboxylic acids is 2. The van der Waals surface area contributed by atoms with Gasteiger partial charge < -0.3 is 15.5 Å². The molecule has 0 fully saturated rings. The number of primary amides is 1. The molecule has 0 spiro atoms. The molecule has 0 atom stereocenters. The van der Waals surface area contributed by atoms with Crippen LogP contribution in [-0.2, 0) is 4.79 Å². The number of pyridine rings is 1. The number of aromatic nitrogens is 3. The van der Waals surface area contributed by atoms with Crippen LogP contribution >= 0.6 is 11.3 Å². The second kappa shape index (κ2) is 9.23. The van der Waals surface area contributed by atoms with E-state index in [1.54, 1.807) is 42.0 Å². The number of hydrogen-bond acceptors (Lipinski definition) is 6. The van der Waals surface area contributed by atoms with Gasteiger partial charge in [-0.25, -0.2) is 9.37 Å².